The molecule has 266 valence electrons. The highest BCUT2D eigenvalue weighted by atomic mass is 35.5. The Labute approximate surface area is 300 Å². The van der Waals surface area contributed by atoms with Gasteiger partial charge in [-0.25, -0.2) is 9.78 Å². The van der Waals surface area contributed by atoms with Gasteiger partial charge in [-0.1, -0.05) is 48.0 Å². The number of halogens is 1. The fraction of sp³-hybridized carbons (Fsp3) is 0.425. The number of aryl methyl sites for hydroxylation is 1. The fourth-order valence-corrected chi connectivity index (χ4v) is 6.64. The molecule has 2 aromatic carbocycles. The summed E-state index contributed by atoms with van der Waals surface area (Å²) < 4.78 is 26.0. The molecule has 50 heavy (non-hydrogen) atoms. The summed E-state index contributed by atoms with van der Waals surface area (Å²) in [4.78, 5) is 20.6. The zero-order valence-electron chi connectivity index (χ0n) is 30.3. The quantitative estimate of drug-likeness (QED) is 0.101. The van der Waals surface area contributed by atoms with E-state index in [0.717, 1.165) is 35.3 Å². The summed E-state index contributed by atoms with van der Waals surface area (Å²) >= 11 is 6.79. The van der Waals surface area contributed by atoms with Gasteiger partial charge in [-0.3, -0.25) is 0 Å². The monoisotopic (exact) mass is 700 g/mol. The number of hydrogen-bond acceptors (Lipinski definition) is 8. The molecular formula is C40H49ClN4O5. The van der Waals surface area contributed by atoms with Crippen LogP contribution >= 0.6 is 11.6 Å². The lowest BCUT2D eigenvalue weighted by Gasteiger charge is -2.41. The molecule has 0 saturated carbocycles. The van der Waals surface area contributed by atoms with Gasteiger partial charge in [-0.05, 0) is 78.1 Å². The van der Waals surface area contributed by atoms with E-state index in [0.29, 0.717) is 59.5 Å². The molecule has 0 bridgehead atoms. The van der Waals surface area contributed by atoms with Crippen LogP contribution in [0.25, 0.3) is 28.0 Å². The van der Waals surface area contributed by atoms with E-state index >= 15 is 0 Å². The van der Waals surface area contributed by atoms with E-state index in [1.54, 1.807) is 6.08 Å². The van der Waals surface area contributed by atoms with Crippen molar-refractivity contribution in [1.29, 1.82) is 0 Å². The van der Waals surface area contributed by atoms with Crippen molar-refractivity contribution in [3.63, 3.8) is 0 Å². The lowest BCUT2D eigenvalue weighted by molar-refractivity contribution is -0.164. The summed E-state index contributed by atoms with van der Waals surface area (Å²) in [7, 11) is 1.38. The molecule has 0 amide bonds. The molecule has 3 heterocycles. The molecule has 0 spiro atoms. The van der Waals surface area contributed by atoms with Gasteiger partial charge in [0.1, 0.15) is 11.6 Å². The number of rotatable bonds is 13. The van der Waals surface area contributed by atoms with E-state index in [1.165, 1.54) is 7.11 Å². The van der Waals surface area contributed by atoms with Gasteiger partial charge in [0.15, 0.2) is 11.8 Å². The van der Waals surface area contributed by atoms with E-state index in [2.05, 4.69) is 31.0 Å². The summed E-state index contributed by atoms with van der Waals surface area (Å²) in [5.74, 6) is 0.949. The molecule has 1 aliphatic heterocycles. The molecule has 2 aromatic heterocycles. The predicted molar refractivity (Wildman–Crippen MR) is 200 cm³/mol. The van der Waals surface area contributed by atoms with Gasteiger partial charge in [0, 0.05) is 42.4 Å². The maximum Gasteiger partial charge on any atom is 0.339 e. The molecule has 4 aromatic rings. The van der Waals surface area contributed by atoms with Crippen molar-refractivity contribution >= 4 is 29.0 Å². The number of anilines is 1. The first kappa shape index (κ1) is 37.1. The number of methoxy groups -OCH3 is 1. The van der Waals surface area contributed by atoms with Crippen LogP contribution in [0, 0.1) is 6.92 Å². The van der Waals surface area contributed by atoms with Crippen LogP contribution in [0.15, 0.2) is 73.8 Å². The average Bonchev–Trinajstić information content (AvgIpc) is 3.49. The normalized spacial score (nSPS) is 15.8. The van der Waals surface area contributed by atoms with E-state index < -0.39 is 17.7 Å². The Morgan fingerprint density at radius 1 is 1.08 bits per heavy atom. The van der Waals surface area contributed by atoms with Gasteiger partial charge >= 0.3 is 5.97 Å². The Morgan fingerprint density at radius 2 is 1.78 bits per heavy atom. The minimum absolute atomic E-state index is 0.0643. The molecule has 0 aliphatic carbocycles. The van der Waals surface area contributed by atoms with Crippen LogP contribution in [0.3, 0.4) is 0 Å². The summed E-state index contributed by atoms with van der Waals surface area (Å²) in [6.45, 7) is 21.3. The first-order valence-electron chi connectivity index (χ1n) is 17.1. The highest BCUT2D eigenvalue weighted by Gasteiger charge is 2.38. The second kappa shape index (κ2) is 15.4. The summed E-state index contributed by atoms with van der Waals surface area (Å²) in [5.41, 5.74) is 4.31. The van der Waals surface area contributed by atoms with Gasteiger partial charge in [0.05, 0.1) is 47.3 Å². The third-order valence-electron chi connectivity index (χ3n) is 8.87. The number of hydrogen-bond donors (Lipinski definition) is 0. The first-order chi connectivity index (χ1) is 23.8. The Kier molecular flexibility index (Phi) is 11.4. The fourth-order valence-electron chi connectivity index (χ4n) is 6.36. The molecule has 0 N–H and O–H groups in total. The number of carbonyl (C=O) groups excluding carboxylic acids is 1. The number of esters is 1. The van der Waals surface area contributed by atoms with Gasteiger partial charge in [-0.15, -0.1) is 13.2 Å². The molecule has 5 rings (SSSR count). The van der Waals surface area contributed by atoms with Crippen LogP contribution in [-0.2, 0) is 19.0 Å². The zero-order chi connectivity index (χ0) is 36.2. The Balaban J connectivity index is 1.65. The zero-order valence-corrected chi connectivity index (χ0v) is 31.0. The highest BCUT2D eigenvalue weighted by Crippen LogP contribution is 2.41. The smallest absolute Gasteiger partial charge is 0.339 e. The Bertz CT molecular complexity index is 1850. The van der Waals surface area contributed by atoms with E-state index in [1.807, 2.05) is 87.7 Å². The van der Waals surface area contributed by atoms with Crippen LogP contribution < -0.4 is 9.64 Å². The van der Waals surface area contributed by atoms with Crippen molar-refractivity contribution in [1.82, 2.24) is 14.6 Å². The molecule has 2 unspecified atom stereocenters. The summed E-state index contributed by atoms with van der Waals surface area (Å²) in [6, 6.07) is 15.7. The Hall–Kier alpha value is -4.18. The largest absolute Gasteiger partial charge is 0.490 e. The second-order valence-electron chi connectivity index (χ2n) is 14.1. The SMILES string of the molecule is C=CCOC1(C)CCN(c2c(C(OC(C)(C)C)C(=O)OC)c(C)nc3cc(-c4cccc(-c5c(Cl)cccc5OC(C)CC=C)c4)nn23)CC1. The van der Waals surface area contributed by atoms with E-state index in [-0.39, 0.29) is 11.7 Å². The van der Waals surface area contributed by atoms with Crippen molar-refractivity contribution in [3.05, 3.63) is 90.1 Å². The maximum atomic E-state index is 13.4. The van der Waals surface area contributed by atoms with Crippen LogP contribution in [-0.4, -0.2) is 64.7 Å². The van der Waals surface area contributed by atoms with Crippen LogP contribution in [0.2, 0.25) is 5.02 Å². The number of fused-ring (bicyclic) bond motifs is 1. The molecular weight excluding hydrogens is 652 g/mol. The first-order valence-corrected chi connectivity index (χ1v) is 17.5. The highest BCUT2D eigenvalue weighted by molar-refractivity contribution is 6.33. The molecule has 1 fully saturated rings. The lowest BCUT2D eigenvalue weighted by atomic mass is 9.92. The number of carbonyl (C=O) groups is 1. The second-order valence-corrected chi connectivity index (χ2v) is 14.5. The lowest BCUT2D eigenvalue weighted by Crippen LogP contribution is -2.45. The molecule has 0 radical (unpaired) electrons. The minimum Gasteiger partial charge on any atom is -0.490 e. The third kappa shape index (κ3) is 8.23. The van der Waals surface area contributed by atoms with Gasteiger partial charge < -0.3 is 23.8 Å². The average molecular weight is 701 g/mol. The van der Waals surface area contributed by atoms with Crippen molar-refractivity contribution in [2.24, 2.45) is 0 Å². The Morgan fingerprint density at radius 3 is 2.44 bits per heavy atom. The molecule has 2 atom stereocenters. The number of benzene rings is 2. The summed E-state index contributed by atoms with van der Waals surface area (Å²) in [5, 5.41) is 5.74. The van der Waals surface area contributed by atoms with E-state index in [4.69, 9.17) is 40.6 Å². The van der Waals surface area contributed by atoms with Crippen molar-refractivity contribution < 1.29 is 23.7 Å². The maximum absolute atomic E-state index is 13.4. The molecule has 1 saturated heterocycles. The van der Waals surface area contributed by atoms with Gasteiger partial charge in [0.2, 0.25) is 0 Å². The van der Waals surface area contributed by atoms with E-state index in [9.17, 15) is 4.79 Å². The minimum atomic E-state index is -1.02. The topological polar surface area (TPSA) is 87.4 Å². The standard InChI is InChI=1S/C40H49ClN4O5/c1-10-14-26(3)49-32-18-13-17-30(41)35(32)29-16-12-15-28(24-29)31-25-33-42-27(4)34(36(38(46)47-9)50-39(5,6)7)37(45(33)43-31)44-21-19-40(8,20-22-44)48-23-11-2/h10-13,15-18,24-26,36H,1-2,14,19-23H2,3-9H3. The van der Waals surface area contributed by atoms with Gasteiger partial charge in [-0.2, -0.15) is 9.61 Å². The van der Waals surface area contributed by atoms with Crippen molar-refractivity contribution in [2.45, 2.75) is 84.2 Å². The third-order valence-corrected chi connectivity index (χ3v) is 9.19. The van der Waals surface area contributed by atoms with Crippen LogP contribution in [0.4, 0.5) is 5.82 Å². The molecule has 9 nitrogen and oxygen atoms in total. The van der Waals surface area contributed by atoms with Crippen LogP contribution in [0.1, 0.15) is 71.2 Å². The van der Waals surface area contributed by atoms with Crippen molar-refractivity contribution in [3.8, 4) is 28.1 Å². The number of aromatic nitrogens is 3. The van der Waals surface area contributed by atoms with Crippen molar-refractivity contribution in [2.75, 3.05) is 31.7 Å². The van der Waals surface area contributed by atoms with Crippen LogP contribution in [0.5, 0.6) is 5.75 Å². The number of piperidine rings is 1. The number of nitrogens with zero attached hydrogens (tertiary/aromatic N) is 4. The molecule has 1 aliphatic rings. The number of ether oxygens (including phenoxy) is 4. The molecule has 10 heteroatoms. The van der Waals surface area contributed by atoms with Gasteiger partial charge in [0.25, 0.3) is 0 Å². The summed E-state index contributed by atoms with van der Waals surface area (Å²) in [6.07, 6.45) is 4.79. The predicted octanol–water partition coefficient (Wildman–Crippen LogP) is 8.96.